The van der Waals surface area contributed by atoms with Gasteiger partial charge in [-0.05, 0) is 24.3 Å². The molecule has 2 rings (SSSR count). The van der Waals surface area contributed by atoms with Crippen molar-refractivity contribution >= 4 is 46.6 Å². The minimum absolute atomic E-state index is 0.0708. The monoisotopic (exact) mass is 318 g/mol. The number of cyclic esters (lactones) is 1. The molecule has 0 unspecified atom stereocenters. The van der Waals surface area contributed by atoms with Gasteiger partial charge in [0.1, 0.15) is 11.1 Å². The van der Waals surface area contributed by atoms with Crippen molar-refractivity contribution in [2.45, 2.75) is 13.0 Å². The van der Waals surface area contributed by atoms with Crippen LogP contribution in [0.4, 0.5) is 0 Å². The lowest BCUT2D eigenvalue weighted by Crippen LogP contribution is -2.27. The molecule has 0 bridgehead atoms. The topological polar surface area (TPSA) is 43.4 Å². The number of carbonyl (C=O) groups excluding carboxylic acids is 2. The van der Waals surface area contributed by atoms with Gasteiger partial charge in [0.25, 0.3) is 0 Å². The van der Waals surface area contributed by atoms with Crippen LogP contribution in [0.15, 0.2) is 34.3 Å². The summed E-state index contributed by atoms with van der Waals surface area (Å²) in [6, 6.07) is 6.45. The second-order valence-corrected chi connectivity index (χ2v) is 5.37. The van der Waals surface area contributed by atoms with Crippen molar-refractivity contribution < 1.29 is 14.3 Å². The Kier molecular flexibility index (Phi) is 4.19. The van der Waals surface area contributed by atoms with Crippen molar-refractivity contribution in [3.05, 3.63) is 44.9 Å². The molecule has 1 aromatic carbocycles. The van der Waals surface area contributed by atoms with Crippen molar-refractivity contribution in [3.8, 4) is 0 Å². The number of benzene rings is 1. The fraction of sp³-hybridized carbons (Fsp3) is 0.231. The second-order valence-electron chi connectivity index (χ2n) is 4.15. The lowest BCUT2D eigenvalue weighted by atomic mass is 9.94. The van der Waals surface area contributed by atoms with Gasteiger partial charge in [-0.25, -0.2) is 4.79 Å². The van der Waals surface area contributed by atoms with Gasteiger partial charge in [-0.2, -0.15) is 0 Å². The standard InChI is InChI=1S/C13H9Cl3O3/c1-6(12-9(15)10(16)13(18)19-12)11(17)7-2-4-8(14)5-3-7/h2-6,12H,1H3/t6-,12+/m1/s1. The van der Waals surface area contributed by atoms with Gasteiger partial charge in [0.15, 0.2) is 5.78 Å². The third kappa shape index (κ3) is 2.78. The number of hydrogen-bond acceptors (Lipinski definition) is 3. The molecule has 0 radical (unpaired) electrons. The van der Waals surface area contributed by atoms with E-state index in [2.05, 4.69) is 0 Å². The molecule has 0 N–H and O–H groups in total. The van der Waals surface area contributed by atoms with E-state index in [0.29, 0.717) is 10.6 Å². The van der Waals surface area contributed by atoms with E-state index in [1.807, 2.05) is 0 Å². The lowest BCUT2D eigenvalue weighted by molar-refractivity contribution is -0.140. The average molecular weight is 320 g/mol. The van der Waals surface area contributed by atoms with Crippen LogP contribution in [0.5, 0.6) is 0 Å². The predicted molar refractivity (Wildman–Crippen MR) is 73.6 cm³/mol. The van der Waals surface area contributed by atoms with Crippen LogP contribution in [-0.4, -0.2) is 17.9 Å². The summed E-state index contributed by atoms with van der Waals surface area (Å²) in [5.41, 5.74) is 0.473. The van der Waals surface area contributed by atoms with Crippen LogP contribution >= 0.6 is 34.8 Å². The van der Waals surface area contributed by atoms with Gasteiger partial charge in [-0.3, -0.25) is 4.79 Å². The number of carbonyl (C=O) groups is 2. The number of ether oxygens (including phenoxy) is 1. The zero-order valence-corrected chi connectivity index (χ0v) is 12.1. The van der Waals surface area contributed by atoms with E-state index < -0.39 is 18.0 Å². The molecule has 0 fully saturated rings. The molecule has 1 aromatic rings. The van der Waals surface area contributed by atoms with Gasteiger partial charge in [0, 0.05) is 10.6 Å². The summed E-state index contributed by atoms with van der Waals surface area (Å²) in [4.78, 5) is 23.5. The van der Waals surface area contributed by atoms with E-state index in [0.717, 1.165) is 0 Å². The quantitative estimate of drug-likeness (QED) is 0.629. The van der Waals surface area contributed by atoms with Crippen LogP contribution in [0.2, 0.25) is 5.02 Å². The molecule has 0 saturated heterocycles. The molecule has 19 heavy (non-hydrogen) atoms. The Morgan fingerprint density at radius 3 is 2.26 bits per heavy atom. The molecule has 0 aromatic heterocycles. The predicted octanol–water partition coefficient (Wildman–Crippen LogP) is 3.77. The summed E-state index contributed by atoms with van der Waals surface area (Å²) in [5.74, 6) is -1.51. The molecule has 2 atom stereocenters. The van der Waals surface area contributed by atoms with Gasteiger partial charge in [0.2, 0.25) is 0 Å². The van der Waals surface area contributed by atoms with E-state index in [-0.39, 0.29) is 15.8 Å². The maximum atomic E-state index is 12.2. The summed E-state index contributed by atoms with van der Waals surface area (Å²) < 4.78 is 4.99. The third-order valence-corrected chi connectivity index (χ3v) is 3.98. The molecule has 3 nitrogen and oxygen atoms in total. The number of Topliss-reactive ketones (excluding diaryl/α,β-unsaturated/α-hetero) is 1. The minimum Gasteiger partial charge on any atom is -0.451 e. The lowest BCUT2D eigenvalue weighted by Gasteiger charge is -2.17. The highest BCUT2D eigenvalue weighted by atomic mass is 35.5. The summed E-state index contributed by atoms with van der Waals surface area (Å²) in [6.07, 6.45) is -0.829. The van der Waals surface area contributed by atoms with Gasteiger partial charge in [-0.1, -0.05) is 41.7 Å². The molecule has 100 valence electrons. The van der Waals surface area contributed by atoms with Gasteiger partial charge in [0.05, 0.1) is 11.0 Å². The van der Waals surface area contributed by atoms with Crippen molar-refractivity contribution in [3.63, 3.8) is 0 Å². The summed E-state index contributed by atoms with van der Waals surface area (Å²) in [6.45, 7) is 1.63. The first kappa shape index (κ1) is 14.4. The Bertz CT molecular complexity index is 563. The summed E-state index contributed by atoms with van der Waals surface area (Å²) >= 11 is 17.3. The zero-order chi connectivity index (χ0) is 14.2. The number of rotatable bonds is 3. The largest absolute Gasteiger partial charge is 0.451 e. The highest BCUT2D eigenvalue weighted by Crippen LogP contribution is 2.34. The average Bonchev–Trinajstić information content (AvgIpc) is 2.66. The molecule has 6 heteroatoms. The molecular weight excluding hydrogens is 310 g/mol. The second kappa shape index (κ2) is 5.53. The first-order chi connectivity index (χ1) is 8.91. The number of halogens is 3. The van der Waals surface area contributed by atoms with Gasteiger partial charge >= 0.3 is 5.97 Å². The maximum Gasteiger partial charge on any atom is 0.351 e. The van der Waals surface area contributed by atoms with E-state index >= 15 is 0 Å². The fourth-order valence-corrected chi connectivity index (χ4v) is 2.37. The highest BCUT2D eigenvalue weighted by Gasteiger charge is 2.38. The van der Waals surface area contributed by atoms with Crippen LogP contribution in [0, 0.1) is 5.92 Å². The van der Waals surface area contributed by atoms with Crippen LogP contribution in [0.1, 0.15) is 17.3 Å². The smallest absolute Gasteiger partial charge is 0.351 e. The number of esters is 1. The van der Waals surface area contributed by atoms with E-state index in [1.54, 1.807) is 31.2 Å². The van der Waals surface area contributed by atoms with Crippen LogP contribution in [0.25, 0.3) is 0 Å². The molecular formula is C13H9Cl3O3. The number of hydrogen-bond donors (Lipinski definition) is 0. The molecule has 1 heterocycles. The van der Waals surface area contributed by atoms with Crippen molar-refractivity contribution in [1.82, 2.24) is 0 Å². The summed E-state index contributed by atoms with van der Waals surface area (Å²) in [5, 5.41) is 0.446. The van der Waals surface area contributed by atoms with Gasteiger partial charge in [-0.15, -0.1) is 0 Å². The normalized spacial score (nSPS) is 20.4. The van der Waals surface area contributed by atoms with Crippen molar-refractivity contribution in [1.29, 1.82) is 0 Å². The van der Waals surface area contributed by atoms with E-state index in [1.165, 1.54) is 0 Å². The Labute approximate surface area is 125 Å². The Morgan fingerprint density at radius 1 is 1.21 bits per heavy atom. The number of ketones is 1. The summed E-state index contributed by atoms with van der Waals surface area (Å²) in [7, 11) is 0. The Morgan fingerprint density at radius 2 is 1.79 bits per heavy atom. The SMILES string of the molecule is C[C@H](C(=O)c1ccc(Cl)cc1)[C@@H]1OC(=O)C(Cl)=C1Cl. The van der Waals surface area contributed by atoms with E-state index in [4.69, 9.17) is 39.5 Å². The Hall–Kier alpha value is -1.03. The van der Waals surface area contributed by atoms with Crippen LogP contribution in [-0.2, 0) is 9.53 Å². The molecule has 1 aliphatic rings. The minimum atomic E-state index is -0.829. The Balaban J connectivity index is 2.21. The van der Waals surface area contributed by atoms with Crippen molar-refractivity contribution in [2.75, 3.05) is 0 Å². The molecule has 0 aliphatic carbocycles. The maximum absolute atomic E-state index is 12.2. The zero-order valence-electron chi connectivity index (χ0n) is 9.82. The molecule has 0 spiro atoms. The first-order valence-electron chi connectivity index (χ1n) is 5.47. The van der Waals surface area contributed by atoms with Crippen LogP contribution < -0.4 is 0 Å². The molecule has 0 amide bonds. The fourth-order valence-electron chi connectivity index (χ4n) is 1.78. The van der Waals surface area contributed by atoms with E-state index in [9.17, 15) is 9.59 Å². The molecule has 1 aliphatic heterocycles. The third-order valence-electron chi connectivity index (χ3n) is 2.87. The first-order valence-corrected chi connectivity index (χ1v) is 6.61. The van der Waals surface area contributed by atoms with Crippen LogP contribution in [0.3, 0.4) is 0 Å². The van der Waals surface area contributed by atoms with Gasteiger partial charge < -0.3 is 4.74 Å². The van der Waals surface area contributed by atoms with Crippen molar-refractivity contribution in [2.24, 2.45) is 5.92 Å². The molecule has 0 saturated carbocycles. The highest BCUT2D eigenvalue weighted by molar-refractivity contribution is 6.48.